The Morgan fingerprint density at radius 1 is 1.09 bits per heavy atom. The minimum Gasteiger partial charge on any atom is -0.481 e. The molecule has 1 aromatic carbocycles. The van der Waals surface area contributed by atoms with E-state index in [1.165, 1.54) is 17.0 Å². The first-order chi connectivity index (χ1) is 20.4. The lowest BCUT2D eigenvalue weighted by atomic mass is 9.51. The van der Waals surface area contributed by atoms with Crippen molar-refractivity contribution in [3.63, 3.8) is 0 Å². The quantitative estimate of drug-likeness (QED) is 0.112. The van der Waals surface area contributed by atoms with Crippen molar-refractivity contribution in [2.24, 2.45) is 23.2 Å². The summed E-state index contributed by atoms with van der Waals surface area (Å²) >= 11 is 0. The van der Waals surface area contributed by atoms with E-state index in [0.717, 1.165) is 0 Å². The molecule has 3 rings (SSSR count). The summed E-state index contributed by atoms with van der Waals surface area (Å²) in [6.07, 6.45) is -0.0174. The number of fused-ring (bicyclic) bond motifs is 1. The zero-order chi connectivity index (χ0) is 33.2. The average Bonchev–Trinajstić information content (AvgIpc) is 2.92. The summed E-state index contributed by atoms with van der Waals surface area (Å²) in [5.41, 5.74) is 2.06. The first-order valence-electron chi connectivity index (χ1n) is 14.4. The second kappa shape index (κ2) is 12.8. The number of carboxylic acids is 1. The lowest BCUT2D eigenvalue weighted by Gasteiger charge is -2.59. The van der Waals surface area contributed by atoms with Crippen molar-refractivity contribution in [2.45, 2.75) is 65.5 Å². The molecular weight excluding hydrogens is 574 g/mol. The number of nitrogens with zero attached hydrogens (tertiary/aromatic N) is 2. The Morgan fingerprint density at radius 2 is 1.68 bits per heavy atom. The zero-order valence-electron chi connectivity index (χ0n) is 25.7. The third-order valence-electron chi connectivity index (χ3n) is 8.82. The molecule has 242 valence electrons. The number of nitrogens with one attached hydrogen (secondary N) is 4. The number of aromatic nitrogens is 2. The van der Waals surface area contributed by atoms with Crippen LogP contribution in [-0.4, -0.2) is 79.3 Å². The highest BCUT2D eigenvalue weighted by molar-refractivity contribution is 5.95. The molecule has 15 heteroatoms. The van der Waals surface area contributed by atoms with E-state index in [4.69, 9.17) is 5.73 Å². The average molecular weight is 618 g/mol. The van der Waals surface area contributed by atoms with Crippen LogP contribution in [0.25, 0.3) is 0 Å². The molecule has 2 unspecified atom stereocenters. The number of aromatic amines is 1. The summed E-state index contributed by atoms with van der Waals surface area (Å²) in [5.74, 6) is -7.21. The van der Waals surface area contributed by atoms with E-state index >= 15 is 0 Å². The lowest BCUT2D eigenvalue weighted by molar-refractivity contribution is -0.387. The van der Waals surface area contributed by atoms with E-state index in [1.54, 1.807) is 53.7 Å². The van der Waals surface area contributed by atoms with Gasteiger partial charge >= 0.3 is 11.9 Å². The van der Waals surface area contributed by atoms with Crippen LogP contribution in [0.5, 0.6) is 0 Å². The molecule has 0 saturated carbocycles. The molecule has 1 aromatic heterocycles. The van der Waals surface area contributed by atoms with Crippen LogP contribution in [0.1, 0.15) is 58.3 Å². The Bertz CT molecular complexity index is 1410. The molecule has 1 aliphatic rings. The van der Waals surface area contributed by atoms with Gasteiger partial charge < -0.3 is 47.0 Å². The van der Waals surface area contributed by atoms with Crippen LogP contribution in [0.4, 0.5) is 23.1 Å². The first-order valence-corrected chi connectivity index (χ1v) is 14.4. The van der Waals surface area contributed by atoms with Crippen LogP contribution in [-0.2, 0) is 9.59 Å². The predicted octanol–water partition coefficient (Wildman–Crippen LogP) is 0.750. The normalized spacial score (nSPS) is 16.7. The molecule has 0 spiro atoms. The number of hydrogen-bond acceptors (Lipinski definition) is 11. The van der Waals surface area contributed by atoms with Crippen molar-refractivity contribution in [3.8, 4) is 0 Å². The molecule has 2 amide bonds. The number of carboxylic acid groups (broad SMARTS) is 1. The number of nitrogen functional groups attached to an aromatic ring is 1. The Labute approximate surface area is 254 Å². The Hall–Kier alpha value is -4.21. The minimum atomic E-state index is -3.48. The van der Waals surface area contributed by atoms with E-state index in [2.05, 4.69) is 25.9 Å². The van der Waals surface area contributed by atoms with E-state index in [-0.39, 0.29) is 36.1 Å². The SMILES string of the molecule is CC(C)C(CC(=O)O)(C(C)C)C(NC(=O)c1ccc(NCC2CNc3nc(N)[nH]c(=O)c3N2C=O)cc1)(C(C)C)C(O)(O)O. The molecule has 0 aliphatic carbocycles. The van der Waals surface area contributed by atoms with Crippen molar-refractivity contribution < 1.29 is 34.8 Å². The molecule has 2 atom stereocenters. The molecule has 1 aliphatic heterocycles. The zero-order valence-corrected chi connectivity index (χ0v) is 25.7. The van der Waals surface area contributed by atoms with Gasteiger partial charge in [-0.05, 0) is 42.0 Å². The standard InChI is InChI=1S/C29H43N7O8/c1-15(2)27(16(3)4,11-21(38)39)28(17(5)6,29(42,43)44)35-24(40)18-7-9-19(10-8-18)31-12-20-13-32-23-22(36(20)14-37)25(41)34-26(30)33-23/h7-10,14-17,20,31,42-44H,11-13H2,1-6H3,(H,35,40)(H,38,39)(H4,30,32,33,34,41). The number of aliphatic carboxylic acids is 1. The second-order valence-electron chi connectivity index (χ2n) is 12.1. The molecule has 0 bridgehead atoms. The lowest BCUT2D eigenvalue weighted by Crippen LogP contribution is -2.77. The van der Waals surface area contributed by atoms with Crippen molar-refractivity contribution in [2.75, 3.05) is 34.4 Å². The first kappa shape index (κ1) is 34.3. The van der Waals surface area contributed by atoms with E-state index in [1.807, 2.05) is 0 Å². The van der Waals surface area contributed by atoms with Gasteiger partial charge in [-0.2, -0.15) is 4.98 Å². The van der Waals surface area contributed by atoms with Gasteiger partial charge in [0.2, 0.25) is 12.4 Å². The molecular formula is C29H43N7O8. The van der Waals surface area contributed by atoms with Gasteiger partial charge in [0, 0.05) is 29.8 Å². The summed E-state index contributed by atoms with van der Waals surface area (Å²) in [6.45, 7) is 10.5. The number of carbonyl (C=O) groups is 3. The van der Waals surface area contributed by atoms with Gasteiger partial charge in [0.05, 0.1) is 12.5 Å². The van der Waals surface area contributed by atoms with Gasteiger partial charge in [-0.15, -0.1) is 0 Å². The highest BCUT2D eigenvalue weighted by Gasteiger charge is 2.67. The number of anilines is 4. The Kier molecular flexibility index (Phi) is 9.97. The summed E-state index contributed by atoms with van der Waals surface area (Å²) in [6, 6.07) is 5.67. The summed E-state index contributed by atoms with van der Waals surface area (Å²) in [5, 5.41) is 51.2. The molecule has 44 heavy (non-hydrogen) atoms. The van der Waals surface area contributed by atoms with Crippen molar-refractivity contribution in [1.29, 1.82) is 0 Å². The summed E-state index contributed by atoms with van der Waals surface area (Å²) < 4.78 is 0. The fraction of sp³-hybridized carbons (Fsp3) is 0.552. The van der Waals surface area contributed by atoms with Gasteiger partial charge in [0.15, 0.2) is 11.5 Å². The van der Waals surface area contributed by atoms with E-state index < -0.39 is 64.6 Å². The number of H-pyrrole nitrogens is 1. The molecule has 0 radical (unpaired) electrons. The van der Waals surface area contributed by atoms with Gasteiger partial charge in [0.25, 0.3) is 11.5 Å². The smallest absolute Gasteiger partial charge is 0.304 e. The van der Waals surface area contributed by atoms with Crippen LogP contribution < -0.4 is 32.1 Å². The summed E-state index contributed by atoms with van der Waals surface area (Å²) in [4.78, 5) is 57.7. The predicted molar refractivity (Wildman–Crippen MR) is 164 cm³/mol. The largest absolute Gasteiger partial charge is 0.481 e. The van der Waals surface area contributed by atoms with Crippen LogP contribution in [0, 0.1) is 23.2 Å². The highest BCUT2D eigenvalue weighted by atomic mass is 16.7. The molecule has 15 nitrogen and oxygen atoms in total. The minimum absolute atomic E-state index is 0.0439. The fourth-order valence-corrected chi connectivity index (χ4v) is 6.84. The van der Waals surface area contributed by atoms with Crippen LogP contribution in [0.15, 0.2) is 29.1 Å². The van der Waals surface area contributed by atoms with Crippen molar-refractivity contribution in [1.82, 2.24) is 15.3 Å². The van der Waals surface area contributed by atoms with Gasteiger partial charge in [-0.25, -0.2) is 0 Å². The maximum atomic E-state index is 13.6. The van der Waals surface area contributed by atoms with Crippen LogP contribution in [0.2, 0.25) is 0 Å². The molecule has 2 heterocycles. The maximum Gasteiger partial charge on any atom is 0.304 e. The molecule has 0 saturated heterocycles. The second-order valence-corrected chi connectivity index (χ2v) is 12.1. The molecule has 10 N–H and O–H groups in total. The Balaban J connectivity index is 1.88. The number of aliphatic hydroxyl groups is 3. The molecule has 2 aromatic rings. The maximum absolute atomic E-state index is 13.6. The number of carbonyl (C=O) groups excluding carboxylic acids is 2. The Morgan fingerprint density at radius 3 is 2.16 bits per heavy atom. The number of benzene rings is 1. The number of nitrogens with two attached hydrogens (primary N) is 1. The third kappa shape index (κ3) is 6.07. The third-order valence-corrected chi connectivity index (χ3v) is 8.82. The van der Waals surface area contributed by atoms with Crippen molar-refractivity contribution in [3.05, 3.63) is 40.2 Å². The topological polar surface area (TPSA) is 243 Å². The fourth-order valence-electron chi connectivity index (χ4n) is 6.84. The van der Waals surface area contributed by atoms with Crippen LogP contribution >= 0.6 is 0 Å². The van der Waals surface area contributed by atoms with Crippen LogP contribution in [0.3, 0.4) is 0 Å². The highest BCUT2D eigenvalue weighted by Crippen LogP contribution is 2.55. The monoisotopic (exact) mass is 617 g/mol. The van der Waals surface area contributed by atoms with Gasteiger partial charge in [0.1, 0.15) is 5.54 Å². The van der Waals surface area contributed by atoms with Gasteiger partial charge in [-0.1, -0.05) is 41.5 Å². The summed E-state index contributed by atoms with van der Waals surface area (Å²) in [7, 11) is 0. The van der Waals surface area contributed by atoms with E-state index in [9.17, 15) is 39.6 Å². The number of hydrogen-bond donors (Lipinski definition) is 9. The van der Waals surface area contributed by atoms with E-state index in [0.29, 0.717) is 12.1 Å². The number of rotatable bonds is 13. The number of amides is 2. The van der Waals surface area contributed by atoms with Gasteiger partial charge in [-0.3, -0.25) is 24.2 Å². The van der Waals surface area contributed by atoms with Crippen molar-refractivity contribution >= 4 is 41.4 Å². The molecule has 0 fully saturated rings.